The number of rotatable bonds is 5. The van der Waals surface area contributed by atoms with E-state index in [1.54, 1.807) is 38.1 Å². The molecule has 0 spiro atoms. The second-order valence-corrected chi connectivity index (χ2v) is 10.9. The van der Waals surface area contributed by atoms with Crippen LogP contribution in [0.1, 0.15) is 29.8 Å². The van der Waals surface area contributed by atoms with Crippen molar-refractivity contribution in [1.82, 2.24) is 0 Å². The topological polar surface area (TPSA) is 141 Å². The van der Waals surface area contributed by atoms with Crippen LogP contribution in [0.2, 0.25) is 0 Å². The summed E-state index contributed by atoms with van der Waals surface area (Å²) in [5.41, 5.74) is 2.01. The monoisotopic (exact) mass is 582 g/mol. The van der Waals surface area contributed by atoms with Gasteiger partial charge in [0.2, 0.25) is 13.1 Å². The van der Waals surface area contributed by atoms with Crippen LogP contribution in [0, 0.1) is 0 Å². The Morgan fingerprint density at radius 1 is 0.905 bits per heavy atom. The molecule has 3 aromatic rings. The van der Waals surface area contributed by atoms with Gasteiger partial charge >= 0.3 is 5.97 Å². The first-order valence-electron chi connectivity index (χ1n) is 13.5. The van der Waals surface area contributed by atoms with Crippen molar-refractivity contribution in [3.63, 3.8) is 0 Å². The lowest BCUT2D eigenvalue weighted by molar-refractivity contribution is -0.373. The molecule has 0 amide bonds. The van der Waals surface area contributed by atoms with Crippen LogP contribution in [0.5, 0.6) is 28.7 Å². The molecule has 12 nitrogen and oxygen atoms in total. The normalized spacial score (nSPS) is 27.3. The highest BCUT2D eigenvalue weighted by molar-refractivity contribution is 6.14. The predicted molar refractivity (Wildman–Crippen MR) is 144 cm³/mol. The van der Waals surface area contributed by atoms with Crippen LogP contribution < -0.4 is 23.7 Å². The maximum absolute atomic E-state index is 13.3. The smallest absolute Gasteiger partial charge is 0.339 e. The molecular formula is C30H30O12. The molecule has 7 rings (SSSR count). The number of esters is 1. The van der Waals surface area contributed by atoms with Crippen molar-refractivity contribution >= 4 is 16.7 Å². The maximum atomic E-state index is 13.3. The number of benzene rings is 3. The van der Waals surface area contributed by atoms with Gasteiger partial charge in [-0.3, -0.25) is 0 Å². The molecule has 0 aromatic heterocycles. The average molecular weight is 583 g/mol. The number of aliphatic hydroxyl groups excluding tert-OH is 2. The first-order chi connectivity index (χ1) is 20.2. The van der Waals surface area contributed by atoms with Crippen molar-refractivity contribution in [3.8, 4) is 39.9 Å². The fourth-order valence-electron chi connectivity index (χ4n) is 5.94. The maximum Gasteiger partial charge on any atom is 0.339 e. The summed E-state index contributed by atoms with van der Waals surface area (Å²) in [6, 6.07) is 8.89. The minimum absolute atomic E-state index is 0.0802. The van der Waals surface area contributed by atoms with Crippen LogP contribution in [-0.2, 0) is 25.6 Å². The van der Waals surface area contributed by atoms with Crippen molar-refractivity contribution in [2.75, 3.05) is 27.6 Å². The van der Waals surface area contributed by atoms with Crippen LogP contribution in [-0.4, -0.2) is 80.3 Å². The molecule has 4 aliphatic rings. The van der Waals surface area contributed by atoms with E-state index in [4.69, 9.17) is 42.6 Å². The minimum atomic E-state index is -1.47. The lowest BCUT2D eigenvalue weighted by Crippen LogP contribution is -2.65. The molecule has 0 saturated carbocycles. The molecule has 222 valence electrons. The molecule has 2 fully saturated rings. The number of ether oxygens (including phenoxy) is 9. The summed E-state index contributed by atoms with van der Waals surface area (Å²) in [4.78, 5) is 13.3. The van der Waals surface area contributed by atoms with Crippen LogP contribution in [0.3, 0.4) is 0 Å². The van der Waals surface area contributed by atoms with E-state index in [0.717, 1.165) is 0 Å². The van der Waals surface area contributed by atoms with Gasteiger partial charge in [0, 0.05) is 16.5 Å². The highest BCUT2D eigenvalue weighted by Crippen LogP contribution is 2.50. The fraction of sp³-hybridized carbons (Fsp3) is 0.433. The molecule has 0 aliphatic carbocycles. The van der Waals surface area contributed by atoms with E-state index in [1.807, 2.05) is 6.07 Å². The molecule has 4 aliphatic heterocycles. The molecule has 5 atom stereocenters. The van der Waals surface area contributed by atoms with Crippen molar-refractivity contribution in [2.45, 2.75) is 56.9 Å². The highest BCUT2D eigenvalue weighted by atomic mass is 16.8. The van der Waals surface area contributed by atoms with Gasteiger partial charge in [0.1, 0.15) is 36.8 Å². The molecule has 3 aromatic carbocycles. The van der Waals surface area contributed by atoms with E-state index in [-0.39, 0.29) is 25.8 Å². The number of cyclic esters (lactones) is 1. The van der Waals surface area contributed by atoms with Crippen molar-refractivity contribution < 1.29 is 57.6 Å². The zero-order chi connectivity index (χ0) is 29.3. The number of aliphatic hydroxyl groups is 2. The molecule has 0 bridgehead atoms. The van der Waals surface area contributed by atoms with Gasteiger partial charge in [0.05, 0.1) is 26.4 Å². The quantitative estimate of drug-likeness (QED) is 0.428. The lowest BCUT2D eigenvalue weighted by Gasteiger charge is -2.48. The number of fused-ring (bicyclic) bond motifs is 4. The Morgan fingerprint density at radius 2 is 1.64 bits per heavy atom. The standard InChI is InChI=1S/C30H30O12/c1-30(2)39-11-21-27(42-30)24(31)25(32)29(40-21)41-26-15-9-19(35-4)18(34-3)8-14(15)22(23-16(26)10-36-28(23)33)13-5-6-17-20(7-13)38-12-37-17/h5-9,21,24-25,27,29,31-32H,10-12H2,1-4H3/t21-,24-,25-,27+,29?/m1/s1. The summed E-state index contributed by atoms with van der Waals surface area (Å²) in [6.07, 6.45) is -5.65. The Labute approximate surface area is 240 Å². The number of carbonyl (C=O) groups excluding carboxylic acids is 1. The van der Waals surface area contributed by atoms with Crippen LogP contribution >= 0.6 is 0 Å². The summed E-state index contributed by atoms with van der Waals surface area (Å²) in [7, 11) is 3.03. The van der Waals surface area contributed by atoms with E-state index in [9.17, 15) is 15.0 Å². The molecule has 4 heterocycles. The minimum Gasteiger partial charge on any atom is -0.493 e. The third kappa shape index (κ3) is 4.21. The SMILES string of the molecule is COc1cc2c(OC3O[C@@H]4COC(C)(C)O[C@@H]4[C@H](O)[C@H]3O)c3c(c(-c4ccc5c(c4)OCO5)c2cc1OC)C(=O)OC3. The van der Waals surface area contributed by atoms with E-state index in [1.165, 1.54) is 14.2 Å². The van der Waals surface area contributed by atoms with E-state index in [0.29, 0.717) is 56.0 Å². The van der Waals surface area contributed by atoms with Crippen LogP contribution in [0.4, 0.5) is 0 Å². The first-order valence-corrected chi connectivity index (χ1v) is 13.5. The van der Waals surface area contributed by atoms with E-state index < -0.39 is 42.5 Å². The lowest BCUT2D eigenvalue weighted by atomic mass is 9.89. The summed E-state index contributed by atoms with van der Waals surface area (Å²) in [5, 5.41) is 23.2. The fourth-order valence-corrected chi connectivity index (χ4v) is 5.94. The Hall–Kier alpha value is -3.81. The van der Waals surface area contributed by atoms with Gasteiger partial charge in [0.15, 0.2) is 28.8 Å². The zero-order valence-electron chi connectivity index (χ0n) is 23.4. The van der Waals surface area contributed by atoms with E-state index >= 15 is 0 Å². The van der Waals surface area contributed by atoms with Gasteiger partial charge in [-0.2, -0.15) is 0 Å². The first kappa shape index (κ1) is 27.0. The van der Waals surface area contributed by atoms with Gasteiger partial charge in [-0.25, -0.2) is 4.79 Å². The van der Waals surface area contributed by atoms with Gasteiger partial charge in [-0.1, -0.05) is 6.07 Å². The van der Waals surface area contributed by atoms with Crippen molar-refractivity contribution in [3.05, 3.63) is 41.5 Å². The van der Waals surface area contributed by atoms with Crippen molar-refractivity contribution in [2.24, 2.45) is 0 Å². The van der Waals surface area contributed by atoms with Crippen molar-refractivity contribution in [1.29, 1.82) is 0 Å². The predicted octanol–water partition coefficient (Wildman–Crippen LogP) is 2.90. The molecule has 42 heavy (non-hydrogen) atoms. The third-order valence-corrected chi connectivity index (χ3v) is 7.97. The number of hydrogen-bond acceptors (Lipinski definition) is 12. The van der Waals surface area contributed by atoms with Gasteiger partial charge in [-0.05, 0) is 49.1 Å². The Morgan fingerprint density at radius 3 is 2.40 bits per heavy atom. The van der Waals surface area contributed by atoms with Gasteiger partial charge < -0.3 is 52.8 Å². The Bertz CT molecular complexity index is 1580. The summed E-state index contributed by atoms with van der Waals surface area (Å²) >= 11 is 0. The number of carbonyl (C=O) groups is 1. The number of methoxy groups -OCH3 is 2. The highest BCUT2D eigenvalue weighted by Gasteiger charge is 2.51. The zero-order valence-corrected chi connectivity index (χ0v) is 23.4. The second-order valence-electron chi connectivity index (χ2n) is 10.9. The molecule has 2 saturated heterocycles. The Balaban J connectivity index is 1.39. The third-order valence-electron chi connectivity index (χ3n) is 7.97. The van der Waals surface area contributed by atoms with Gasteiger partial charge in [0.25, 0.3) is 0 Å². The summed E-state index contributed by atoms with van der Waals surface area (Å²) in [5.74, 6) is 0.733. The van der Waals surface area contributed by atoms with Gasteiger partial charge in [-0.15, -0.1) is 0 Å². The van der Waals surface area contributed by atoms with Crippen LogP contribution in [0.15, 0.2) is 30.3 Å². The van der Waals surface area contributed by atoms with E-state index in [2.05, 4.69) is 0 Å². The molecule has 0 radical (unpaired) electrons. The summed E-state index contributed by atoms with van der Waals surface area (Å²) < 4.78 is 51.8. The molecule has 1 unspecified atom stereocenters. The number of hydrogen-bond donors (Lipinski definition) is 2. The Kier molecular flexibility index (Phi) is 6.37. The average Bonchev–Trinajstić information content (AvgIpc) is 3.61. The second kappa shape index (κ2) is 9.89. The summed E-state index contributed by atoms with van der Waals surface area (Å²) in [6.45, 7) is 3.59. The largest absolute Gasteiger partial charge is 0.493 e. The molecule has 2 N–H and O–H groups in total. The van der Waals surface area contributed by atoms with Crippen LogP contribution in [0.25, 0.3) is 21.9 Å². The molecular weight excluding hydrogens is 552 g/mol. The molecule has 12 heteroatoms.